The monoisotopic (exact) mass is 438 g/mol. The van der Waals surface area contributed by atoms with Crippen LogP contribution in [0.3, 0.4) is 0 Å². The molecule has 8 heteroatoms. The molecule has 3 rings (SSSR count). The van der Waals surface area contributed by atoms with Gasteiger partial charge in [-0.05, 0) is 29.7 Å². The van der Waals surface area contributed by atoms with Crippen molar-refractivity contribution in [3.8, 4) is 17.2 Å². The molecule has 2 aromatic carbocycles. The Kier molecular flexibility index (Phi) is 7.14. The Hall–Kier alpha value is -3.81. The van der Waals surface area contributed by atoms with Crippen LogP contribution in [0.4, 0.5) is 5.69 Å². The molecule has 0 atom stereocenters. The summed E-state index contributed by atoms with van der Waals surface area (Å²) in [5.41, 5.74) is 2.34. The quantitative estimate of drug-likeness (QED) is 0.527. The standard InChI is InChI=1S/C24H26N2O6/c1-14(2)15-6-8-16(9-7-15)25-23(27)13-32-20-12-19(24(28)31-5)26-18-11-22(30-4)21(29-3)10-17(18)20/h6-12,14H,13H2,1-5H3,(H,25,27). The van der Waals surface area contributed by atoms with E-state index in [1.165, 1.54) is 33.0 Å². The normalized spacial score (nSPS) is 10.7. The highest BCUT2D eigenvalue weighted by molar-refractivity contribution is 5.96. The number of hydrogen-bond donors (Lipinski definition) is 1. The van der Waals surface area contributed by atoms with E-state index >= 15 is 0 Å². The fourth-order valence-electron chi connectivity index (χ4n) is 3.14. The number of fused-ring (bicyclic) bond motifs is 1. The van der Waals surface area contributed by atoms with E-state index in [9.17, 15) is 9.59 Å². The third-order valence-electron chi connectivity index (χ3n) is 4.89. The fourth-order valence-corrected chi connectivity index (χ4v) is 3.14. The van der Waals surface area contributed by atoms with Gasteiger partial charge in [-0.1, -0.05) is 26.0 Å². The van der Waals surface area contributed by atoms with Crippen LogP contribution in [0.5, 0.6) is 17.2 Å². The van der Waals surface area contributed by atoms with E-state index in [2.05, 4.69) is 24.1 Å². The van der Waals surface area contributed by atoms with Gasteiger partial charge in [0, 0.05) is 23.2 Å². The predicted molar refractivity (Wildman–Crippen MR) is 121 cm³/mol. The molecule has 1 amide bonds. The van der Waals surface area contributed by atoms with Gasteiger partial charge in [0.2, 0.25) is 0 Å². The number of methoxy groups -OCH3 is 3. The third-order valence-corrected chi connectivity index (χ3v) is 4.89. The van der Waals surface area contributed by atoms with Crippen molar-refractivity contribution in [2.75, 3.05) is 33.3 Å². The Balaban J connectivity index is 1.85. The second kappa shape index (κ2) is 10.00. The number of anilines is 1. The van der Waals surface area contributed by atoms with Crippen LogP contribution in [0.1, 0.15) is 35.8 Å². The van der Waals surface area contributed by atoms with Crippen LogP contribution < -0.4 is 19.5 Å². The van der Waals surface area contributed by atoms with E-state index in [4.69, 9.17) is 18.9 Å². The largest absolute Gasteiger partial charge is 0.493 e. The lowest BCUT2D eigenvalue weighted by atomic mass is 10.0. The molecule has 0 aliphatic rings. The zero-order valence-corrected chi connectivity index (χ0v) is 18.7. The van der Waals surface area contributed by atoms with Gasteiger partial charge in [-0.2, -0.15) is 0 Å². The van der Waals surface area contributed by atoms with Crippen molar-refractivity contribution in [1.82, 2.24) is 4.98 Å². The van der Waals surface area contributed by atoms with Gasteiger partial charge in [0.1, 0.15) is 5.75 Å². The Morgan fingerprint density at radius 3 is 2.19 bits per heavy atom. The van der Waals surface area contributed by atoms with Gasteiger partial charge in [0.05, 0.1) is 26.8 Å². The number of carbonyl (C=O) groups is 2. The summed E-state index contributed by atoms with van der Waals surface area (Å²) in [6.07, 6.45) is 0. The number of ether oxygens (including phenoxy) is 4. The van der Waals surface area contributed by atoms with Gasteiger partial charge in [0.15, 0.2) is 23.8 Å². The summed E-state index contributed by atoms with van der Waals surface area (Å²) in [5, 5.41) is 3.36. The molecule has 32 heavy (non-hydrogen) atoms. The Labute approximate surface area is 186 Å². The van der Waals surface area contributed by atoms with Crippen LogP contribution in [0.25, 0.3) is 10.9 Å². The fraction of sp³-hybridized carbons (Fsp3) is 0.292. The topological polar surface area (TPSA) is 96.0 Å². The van der Waals surface area contributed by atoms with Crippen molar-refractivity contribution in [1.29, 1.82) is 0 Å². The second-order valence-electron chi connectivity index (χ2n) is 7.34. The molecule has 0 radical (unpaired) electrons. The molecular weight excluding hydrogens is 412 g/mol. The molecular formula is C24H26N2O6. The molecule has 0 aliphatic heterocycles. The summed E-state index contributed by atoms with van der Waals surface area (Å²) in [6, 6.07) is 12.4. The number of nitrogens with one attached hydrogen (secondary N) is 1. The van der Waals surface area contributed by atoms with Crippen molar-refractivity contribution in [3.05, 3.63) is 53.7 Å². The van der Waals surface area contributed by atoms with E-state index in [-0.39, 0.29) is 18.2 Å². The zero-order chi connectivity index (χ0) is 23.3. The molecule has 0 saturated carbocycles. The third kappa shape index (κ3) is 5.08. The molecule has 0 aliphatic carbocycles. The van der Waals surface area contributed by atoms with Crippen molar-refractivity contribution in [2.24, 2.45) is 0 Å². The number of carbonyl (C=O) groups excluding carboxylic acids is 2. The van der Waals surface area contributed by atoms with E-state index in [0.717, 1.165) is 0 Å². The number of amides is 1. The number of hydrogen-bond acceptors (Lipinski definition) is 7. The number of nitrogens with zero attached hydrogens (tertiary/aromatic N) is 1. The lowest BCUT2D eigenvalue weighted by molar-refractivity contribution is -0.118. The molecule has 1 N–H and O–H groups in total. The van der Waals surface area contributed by atoms with Crippen LogP contribution in [-0.4, -0.2) is 44.8 Å². The van der Waals surface area contributed by atoms with E-state index in [0.29, 0.717) is 39.8 Å². The first-order chi connectivity index (χ1) is 15.4. The zero-order valence-electron chi connectivity index (χ0n) is 18.7. The number of esters is 1. The maximum absolute atomic E-state index is 12.5. The minimum Gasteiger partial charge on any atom is -0.493 e. The molecule has 1 heterocycles. The highest BCUT2D eigenvalue weighted by Gasteiger charge is 2.17. The molecule has 0 saturated heterocycles. The first kappa shape index (κ1) is 22.9. The van der Waals surface area contributed by atoms with Crippen LogP contribution >= 0.6 is 0 Å². The minimum absolute atomic E-state index is 0.0481. The average molecular weight is 438 g/mol. The average Bonchev–Trinajstić information content (AvgIpc) is 2.81. The van der Waals surface area contributed by atoms with E-state index in [1.54, 1.807) is 12.1 Å². The Bertz CT molecular complexity index is 1130. The maximum Gasteiger partial charge on any atom is 0.356 e. The van der Waals surface area contributed by atoms with Crippen LogP contribution in [0.15, 0.2) is 42.5 Å². The van der Waals surface area contributed by atoms with Gasteiger partial charge in [0.25, 0.3) is 5.91 Å². The predicted octanol–water partition coefficient (Wildman–Crippen LogP) is 4.18. The molecule has 0 unspecified atom stereocenters. The minimum atomic E-state index is -0.624. The Morgan fingerprint density at radius 2 is 1.59 bits per heavy atom. The molecule has 3 aromatic rings. The summed E-state index contributed by atoms with van der Waals surface area (Å²) < 4.78 is 21.2. The number of aromatic nitrogens is 1. The summed E-state index contributed by atoms with van der Waals surface area (Å²) in [7, 11) is 4.28. The number of benzene rings is 2. The van der Waals surface area contributed by atoms with Crippen LogP contribution in [-0.2, 0) is 9.53 Å². The summed E-state index contributed by atoms with van der Waals surface area (Å²) >= 11 is 0. The first-order valence-corrected chi connectivity index (χ1v) is 10.0. The van der Waals surface area contributed by atoms with Crippen LogP contribution in [0.2, 0.25) is 0 Å². The van der Waals surface area contributed by atoms with Crippen LogP contribution in [0, 0.1) is 0 Å². The van der Waals surface area contributed by atoms with Gasteiger partial charge in [-0.15, -0.1) is 0 Å². The highest BCUT2D eigenvalue weighted by atomic mass is 16.5. The molecule has 168 valence electrons. The SMILES string of the molecule is COC(=O)c1cc(OCC(=O)Nc2ccc(C(C)C)cc2)c2cc(OC)c(OC)cc2n1. The smallest absolute Gasteiger partial charge is 0.356 e. The lowest BCUT2D eigenvalue weighted by Crippen LogP contribution is -2.20. The number of rotatable bonds is 8. The Morgan fingerprint density at radius 1 is 0.938 bits per heavy atom. The molecule has 0 spiro atoms. The van der Waals surface area contributed by atoms with Crippen molar-refractivity contribution >= 4 is 28.5 Å². The number of pyridine rings is 1. The molecule has 1 aromatic heterocycles. The molecule has 8 nitrogen and oxygen atoms in total. The van der Waals surface area contributed by atoms with Crippen molar-refractivity contribution in [3.63, 3.8) is 0 Å². The van der Waals surface area contributed by atoms with Gasteiger partial charge in [-0.25, -0.2) is 9.78 Å². The maximum atomic E-state index is 12.5. The van der Waals surface area contributed by atoms with E-state index < -0.39 is 5.97 Å². The summed E-state index contributed by atoms with van der Waals surface area (Å²) in [5.74, 6) is 0.646. The molecule has 0 fully saturated rings. The van der Waals surface area contributed by atoms with Crippen molar-refractivity contribution < 1.29 is 28.5 Å². The lowest BCUT2D eigenvalue weighted by Gasteiger charge is -2.14. The highest BCUT2D eigenvalue weighted by Crippen LogP contribution is 2.36. The second-order valence-corrected chi connectivity index (χ2v) is 7.34. The van der Waals surface area contributed by atoms with Crippen molar-refractivity contribution in [2.45, 2.75) is 19.8 Å². The van der Waals surface area contributed by atoms with Gasteiger partial charge >= 0.3 is 5.97 Å². The van der Waals surface area contributed by atoms with Gasteiger partial charge < -0.3 is 24.3 Å². The van der Waals surface area contributed by atoms with E-state index in [1.807, 2.05) is 24.3 Å². The summed E-state index contributed by atoms with van der Waals surface area (Å²) in [6.45, 7) is 3.95. The first-order valence-electron chi connectivity index (χ1n) is 10.0. The molecule has 0 bridgehead atoms. The van der Waals surface area contributed by atoms with Gasteiger partial charge in [-0.3, -0.25) is 4.79 Å². The summed E-state index contributed by atoms with van der Waals surface area (Å²) in [4.78, 5) is 28.8.